The van der Waals surface area contributed by atoms with Gasteiger partial charge in [0, 0.05) is 0 Å². The molecule has 0 heterocycles. The highest BCUT2D eigenvalue weighted by Crippen LogP contribution is 2.33. The van der Waals surface area contributed by atoms with Crippen LogP contribution >= 0.6 is 0 Å². The maximum Gasteiger partial charge on any atom is 0.120 e. The lowest BCUT2D eigenvalue weighted by atomic mass is 9.77. The summed E-state index contributed by atoms with van der Waals surface area (Å²) in [6.07, 6.45) is 1.60. The maximum absolute atomic E-state index is 9.64. The zero-order chi connectivity index (χ0) is 17.7. The van der Waals surface area contributed by atoms with Gasteiger partial charge in [0.15, 0.2) is 0 Å². The molecule has 0 aliphatic heterocycles. The number of hydrogen-bond acceptors (Lipinski definition) is 2. The molecule has 3 aromatic carbocycles. The Bertz CT molecular complexity index is 903. The SMILES string of the molecule is CCC(C#N)(CC)c1cccc(OCc2ccc3ccccc3c2)c1. The van der Waals surface area contributed by atoms with Gasteiger partial charge in [-0.3, -0.25) is 0 Å². The van der Waals surface area contributed by atoms with Gasteiger partial charge in [0.05, 0.1) is 11.5 Å². The second-order valence-electron chi connectivity index (χ2n) is 6.40. The minimum Gasteiger partial charge on any atom is -0.489 e. The molecule has 2 nitrogen and oxygen atoms in total. The molecule has 0 aromatic heterocycles. The van der Waals surface area contributed by atoms with Crippen LogP contribution in [0.5, 0.6) is 5.75 Å². The number of rotatable bonds is 6. The predicted molar refractivity (Wildman–Crippen MR) is 103 cm³/mol. The van der Waals surface area contributed by atoms with E-state index in [4.69, 9.17) is 4.74 Å². The van der Waals surface area contributed by atoms with Gasteiger partial charge in [0.2, 0.25) is 0 Å². The zero-order valence-electron chi connectivity index (χ0n) is 14.8. The minimum atomic E-state index is -0.428. The molecule has 0 fully saturated rings. The first-order valence-corrected chi connectivity index (χ1v) is 8.83. The number of nitrogens with zero attached hydrogens (tertiary/aromatic N) is 1. The molecular weight excluding hydrogens is 306 g/mol. The lowest BCUT2D eigenvalue weighted by Crippen LogP contribution is -2.21. The Labute approximate surface area is 149 Å². The van der Waals surface area contributed by atoms with E-state index >= 15 is 0 Å². The van der Waals surface area contributed by atoms with E-state index in [2.05, 4.69) is 50.2 Å². The summed E-state index contributed by atoms with van der Waals surface area (Å²) in [4.78, 5) is 0. The van der Waals surface area contributed by atoms with Crippen molar-refractivity contribution in [3.05, 3.63) is 77.9 Å². The average molecular weight is 329 g/mol. The molecule has 0 N–H and O–H groups in total. The number of fused-ring (bicyclic) bond motifs is 1. The lowest BCUT2D eigenvalue weighted by Gasteiger charge is -2.24. The number of ether oxygens (including phenoxy) is 1. The molecule has 0 radical (unpaired) electrons. The fourth-order valence-corrected chi connectivity index (χ4v) is 3.26. The zero-order valence-corrected chi connectivity index (χ0v) is 14.8. The van der Waals surface area contributed by atoms with Gasteiger partial charge in [-0.15, -0.1) is 0 Å². The highest BCUT2D eigenvalue weighted by atomic mass is 16.5. The fourth-order valence-electron chi connectivity index (χ4n) is 3.26. The quantitative estimate of drug-likeness (QED) is 0.555. The summed E-state index contributed by atoms with van der Waals surface area (Å²) in [7, 11) is 0. The van der Waals surface area contributed by atoms with Gasteiger partial charge in [0.25, 0.3) is 0 Å². The van der Waals surface area contributed by atoms with E-state index in [1.165, 1.54) is 10.8 Å². The smallest absolute Gasteiger partial charge is 0.120 e. The summed E-state index contributed by atoms with van der Waals surface area (Å²) < 4.78 is 6.00. The molecule has 2 heteroatoms. The molecule has 25 heavy (non-hydrogen) atoms. The van der Waals surface area contributed by atoms with Crippen molar-refractivity contribution in [2.45, 2.75) is 38.7 Å². The van der Waals surface area contributed by atoms with Crippen LogP contribution in [0, 0.1) is 11.3 Å². The van der Waals surface area contributed by atoms with Crippen molar-refractivity contribution in [1.29, 1.82) is 5.26 Å². The number of benzene rings is 3. The van der Waals surface area contributed by atoms with Crippen molar-refractivity contribution < 1.29 is 4.74 Å². The van der Waals surface area contributed by atoms with Gasteiger partial charge >= 0.3 is 0 Å². The summed E-state index contributed by atoms with van der Waals surface area (Å²) in [5.41, 5.74) is 1.75. The minimum absolute atomic E-state index is 0.428. The van der Waals surface area contributed by atoms with Crippen LogP contribution in [0.3, 0.4) is 0 Å². The van der Waals surface area contributed by atoms with Gasteiger partial charge in [-0.2, -0.15) is 5.26 Å². The Hall–Kier alpha value is -2.79. The van der Waals surface area contributed by atoms with Crippen LogP contribution in [-0.4, -0.2) is 0 Å². The largest absolute Gasteiger partial charge is 0.489 e. The van der Waals surface area contributed by atoms with Gasteiger partial charge in [-0.25, -0.2) is 0 Å². The first-order valence-electron chi connectivity index (χ1n) is 8.83. The Morgan fingerprint density at radius 3 is 2.36 bits per heavy atom. The van der Waals surface area contributed by atoms with Crippen molar-refractivity contribution in [2.24, 2.45) is 0 Å². The van der Waals surface area contributed by atoms with Crippen molar-refractivity contribution >= 4 is 10.8 Å². The molecule has 0 saturated heterocycles. The van der Waals surface area contributed by atoms with Crippen molar-refractivity contribution in [3.63, 3.8) is 0 Å². The Morgan fingerprint density at radius 2 is 1.64 bits per heavy atom. The van der Waals surface area contributed by atoms with E-state index in [0.29, 0.717) is 6.61 Å². The van der Waals surface area contributed by atoms with Gasteiger partial charge in [-0.1, -0.05) is 62.4 Å². The standard InChI is InChI=1S/C23H23NO/c1-3-23(4-2,17-24)21-10-7-11-22(15-21)25-16-18-12-13-19-8-5-6-9-20(19)14-18/h5-15H,3-4,16H2,1-2H3. The van der Waals surface area contributed by atoms with E-state index in [-0.39, 0.29) is 0 Å². The van der Waals surface area contributed by atoms with Crippen LogP contribution in [0.25, 0.3) is 10.8 Å². The van der Waals surface area contributed by atoms with Gasteiger partial charge < -0.3 is 4.74 Å². The topological polar surface area (TPSA) is 33.0 Å². The molecule has 0 saturated carbocycles. The summed E-state index contributed by atoms with van der Waals surface area (Å²) in [5.74, 6) is 0.812. The lowest BCUT2D eigenvalue weighted by molar-refractivity contribution is 0.305. The number of nitriles is 1. The molecule has 0 aliphatic rings. The number of hydrogen-bond donors (Lipinski definition) is 0. The average Bonchev–Trinajstić information content (AvgIpc) is 2.68. The van der Waals surface area contributed by atoms with Gasteiger partial charge in [0.1, 0.15) is 12.4 Å². The van der Waals surface area contributed by atoms with E-state index in [1.54, 1.807) is 0 Å². The van der Waals surface area contributed by atoms with E-state index < -0.39 is 5.41 Å². The second kappa shape index (κ2) is 7.40. The van der Waals surface area contributed by atoms with Crippen LogP contribution < -0.4 is 4.74 Å². The molecule has 3 rings (SSSR count). The summed E-state index contributed by atoms with van der Waals surface area (Å²) in [5, 5.41) is 12.1. The first kappa shape index (κ1) is 17.0. The Balaban J connectivity index is 1.79. The van der Waals surface area contributed by atoms with Crippen molar-refractivity contribution in [1.82, 2.24) is 0 Å². The van der Waals surface area contributed by atoms with Crippen molar-refractivity contribution in [2.75, 3.05) is 0 Å². The van der Waals surface area contributed by atoms with E-state index in [0.717, 1.165) is 29.7 Å². The predicted octanol–water partition coefficient (Wildman–Crippen LogP) is 6.00. The third-order valence-corrected chi connectivity index (χ3v) is 5.03. The van der Waals surface area contributed by atoms with Crippen LogP contribution in [0.2, 0.25) is 0 Å². The molecule has 0 spiro atoms. The summed E-state index contributed by atoms with van der Waals surface area (Å²) in [6, 6.07) is 25.2. The van der Waals surface area contributed by atoms with Gasteiger partial charge in [-0.05, 0) is 52.9 Å². The van der Waals surface area contributed by atoms with E-state index in [1.807, 2.05) is 36.4 Å². The second-order valence-corrected chi connectivity index (χ2v) is 6.40. The molecule has 126 valence electrons. The molecule has 0 atom stereocenters. The van der Waals surface area contributed by atoms with E-state index in [9.17, 15) is 5.26 Å². The van der Waals surface area contributed by atoms with Crippen LogP contribution in [0.4, 0.5) is 0 Å². The van der Waals surface area contributed by atoms with Crippen LogP contribution in [0.15, 0.2) is 66.7 Å². The first-order chi connectivity index (χ1) is 12.2. The summed E-state index contributed by atoms with van der Waals surface area (Å²) >= 11 is 0. The highest BCUT2D eigenvalue weighted by Gasteiger charge is 2.28. The molecule has 0 amide bonds. The van der Waals surface area contributed by atoms with Crippen molar-refractivity contribution in [3.8, 4) is 11.8 Å². The molecule has 0 aliphatic carbocycles. The third-order valence-electron chi connectivity index (χ3n) is 5.03. The Morgan fingerprint density at radius 1 is 0.880 bits per heavy atom. The normalized spacial score (nSPS) is 11.2. The molecule has 3 aromatic rings. The van der Waals surface area contributed by atoms with Crippen LogP contribution in [-0.2, 0) is 12.0 Å². The highest BCUT2D eigenvalue weighted by molar-refractivity contribution is 5.82. The van der Waals surface area contributed by atoms with Crippen LogP contribution in [0.1, 0.15) is 37.8 Å². The third kappa shape index (κ3) is 3.51. The fraction of sp³-hybridized carbons (Fsp3) is 0.261. The molecule has 0 bridgehead atoms. The molecular formula is C23H23NO. The summed E-state index contributed by atoms with van der Waals surface area (Å²) in [6.45, 7) is 4.65. The monoisotopic (exact) mass is 329 g/mol. The Kier molecular flexibility index (Phi) is 5.05. The maximum atomic E-state index is 9.64. The molecule has 0 unspecified atom stereocenters.